The van der Waals surface area contributed by atoms with Crippen LogP contribution in [0.4, 0.5) is 0 Å². The Balaban J connectivity index is 2.60. The van der Waals surface area contributed by atoms with E-state index in [4.69, 9.17) is 4.74 Å². The molecular formula is C14H15NO2. The Hall–Kier alpha value is -1.90. The van der Waals surface area contributed by atoms with E-state index >= 15 is 0 Å². The van der Waals surface area contributed by atoms with Gasteiger partial charge in [0.05, 0.1) is 23.4 Å². The summed E-state index contributed by atoms with van der Waals surface area (Å²) in [5.74, 6) is -0.305. The highest BCUT2D eigenvalue weighted by Gasteiger charge is 2.12. The van der Waals surface area contributed by atoms with Crippen molar-refractivity contribution in [1.82, 2.24) is 4.98 Å². The molecule has 1 aromatic carbocycles. The van der Waals surface area contributed by atoms with Gasteiger partial charge in [0, 0.05) is 5.39 Å². The molecule has 0 radical (unpaired) electrons. The zero-order chi connectivity index (χ0) is 12.4. The van der Waals surface area contributed by atoms with Crippen molar-refractivity contribution in [2.75, 3.05) is 6.61 Å². The first-order valence-corrected chi connectivity index (χ1v) is 5.67. The molecule has 0 fully saturated rings. The summed E-state index contributed by atoms with van der Waals surface area (Å²) in [6.07, 6.45) is 0. The van der Waals surface area contributed by atoms with Crippen molar-refractivity contribution in [2.45, 2.75) is 20.8 Å². The summed E-state index contributed by atoms with van der Waals surface area (Å²) in [5.41, 5.74) is 3.31. The van der Waals surface area contributed by atoms with Crippen molar-refractivity contribution in [2.24, 2.45) is 0 Å². The Morgan fingerprint density at radius 1 is 1.35 bits per heavy atom. The summed E-state index contributed by atoms with van der Waals surface area (Å²) in [5, 5.41) is 0.971. The lowest BCUT2D eigenvalue weighted by Crippen LogP contribution is -2.08. The number of benzene rings is 1. The Kier molecular flexibility index (Phi) is 3.09. The molecule has 0 saturated heterocycles. The van der Waals surface area contributed by atoms with Gasteiger partial charge in [-0.05, 0) is 32.4 Å². The van der Waals surface area contributed by atoms with Gasteiger partial charge in [-0.25, -0.2) is 4.79 Å². The van der Waals surface area contributed by atoms with Crippen LogP contribution in [0.2, 0.25) is 0 Å². The third kappa shape index (κ3) is 2.13. The first kappa shape index (κ1) is 11.6. The fourth-order valence-corrected chi connectivity index (χ4v) is 1.85. The van der Waals surface area contributed by atoms with E-state index in [9.17, 15) is 4.79 Å². The van der Waals surface area contributed by atoms with Crippen LogP contribution in [0.5, 0.6) is 0 Å². The average Bonchev–Trinajstić information content (AvgIpc) is 2.30. The van der Waals surface area contributed by atoms with E-state index in [1.54, 1.807) is 6.92 Å². The second-order valence-electron chi connectivity index (χ2n) is 3.99. The molecule has 0 N–H and O–H groups in total. The predicted octanol–water partition coefficient (Wildman–Crippen LogP) is 3.03. The smallest absolute Gasteiger partial charge is 0.339 e. The van der Waals surface area contributed by atoms with Gasteiger partial charge in [0.1, 0.15) is 0 Å². The predicted molar refractivity (Wildman–Crippen MR) is 67.2 cm³/mol. The minimum absolute atomic E-state index is 0.305. The van der Waals surface area contributed by atoms with E-state index < -0.39 is 0 Å². The summed E-state index contributed by atoms with van der Waals surface area (Å²) >= 11 is 0. The van der Waals surface area contributed by atoms with E-state index in [1.165, 1.54) is 0 Å². The molecule has 3 heteroatoms. The maximum atomic E-state index is 11.7. The summed E-state index contributed by atoms with van der Waals surface area (Å²) < 4.78 is 5.01. The molecule has 0 amide bonds. The van der Waals surface area contributed by atoms with E-state index in [1.807, 2.05) is 38.1 Å². The molecule has 0 atom stereocenters. The summed E-state index contributed by atoms with van der Waals surface area (Å²) in [6, 6.07) is 7.78. The van der Waals surface area contributed by atoms with Gasteiger partial charge in [-0.15, -0.1) is 0 Å². The standard InChI is InChI=1S/C14H15NO2/c1-4-17-14(16)12-8-11-7-5-6-9(2)13(11)15-10(12)3/h5-8H,4H2,1-3H3. The molecule has 0 spiro atoms. The zero-order valence-corrected chi connectivity index (χ0v) is 10.3. The fraction of sp³-hybridized carbons (Fsp3) is 0.286. The lowest BCUT2D eigenvalue weighted by atomic mass is 10.1. The van der Waals surface area contributed by atoms with Crippen LogP contribution in [0.15, 0.2) is 24.3 Å². The number of pyridine rings is 1. The van der Waals surface area contributed by atoms with Gasteiger partial charge in [-0.1, -0.05) is 18.2 Å². The van der Waals surface area contributed by atoms with Gasteiger partial charge in [0.15, 0.2) is 0 Å². The number of para-hydroxylation sites is 1. The molecule has 3 nitrogen and oxygen atoms in total. The van der Waals surface area contributed by atoms with Crippen molar-refractivity contribution in [1.29, 1.82) is 0 Å². The second kappa shape index (κ2) is 4.53. The third-order valence-electron chi connectivity index (χ3n) is 2.73. The highest BCUT2D eigenvalue weighted by Crippen LogP contribution is 2.20. The van der Waals surface area contributed by atoms with Crippen molar-refractivity contribution >= 4 is 16.9 Å². The van der Waals surface area contributed by atoms with Crippen LogP contribution < -0.4 is 0 Å². The number of fused-ring (bicyclic) bond motifs is 1. The molecule has 2 aromatic rings. The Bertz CT molecular complexity index is 576. The highest BCUT2D eigenvalue weighted by molar-refractivity contribution is 5.95. The van der Waals surface area contributed by atoms with Gasteiger partial charge in [0.25, 0.3) is 0 Å². The topological polar surface area (TPSA) is 39.2 Å². The van der Waals surface area contributed by atoms with Crippen molar-refractivity contribution < 1.29 is 9.53 Å². The number of esters is 1. The molecular weight excluding hydrogens is 214 g/mol. The Morgan fingerprint density at radius 3 is 2.82 bits per heavy atom. The van der Waals surface area contributed by atoms with Gasteiger partial charge in [0.2, 0.25) is 0 Å². The lowest BCUT2D eigenvalue weighted by Gasteiger charge is -2.08. The minimum atomic E-state index is -0.305. The van der Waals surface area contributed by atoms with Crippen LogP contribution in [0.1, 0.15) is 28.5 Å². The number of ether oxygens (including phenoxy) is 1. The Morgan fingerprint density at radius 2 is 2.12 bits per heavy atom. The number of nitrogens with zero attached hydrogens (tertiary/aromatic N) is 1. The van der Waals surface area contributed by atoms with Gasteiger partial charge >= 0.3 is 5.97 Å². The van der Waals surface area contributed by atoms with Gasteiger partial charge < -0.3 is 4.74 Å². The number of hydrogen-bond acceptors (Lipinski definition) is 3. The molecule has 1 heterocycles. The molecule has 2 rings (SSSR count). The number of carbonyl (C=O) groups is 1. The largest absolute Gasteiger partial charge is 0.462 e. The van der Waals surface area contributed by atoms with Gasteiger partial charge in [-0.3, -0.25) is 4.98 Å². The van der Waals surface area contributed by atoms with Gasteiger partial charge in [-0.2, -0.15) is 0 Å². The summed E-state index contributed by atoms with van der Waals surface area (Å²) in [7, 11) is 0. The molecule has 0 aliphatic carbocycles. The number of carbonyl (C=O) groups excluding carboxylic acids is 1. The van der Waals surface area contributed by atoms with Crippen LogP contribution in [0.25, 0.3) is 10.9 Å². The molecule has 0 bridgehead atoms. The van der Waals surface area contributed by atoms with Crippen LogP contribution in [-0.2, 0) is 4.74 Å². The Labute approximate surface area is 100 Å². The van der Waals surface area contributed by atoms with E-state index in [-0.39, 0.29) is 5.97 Å². The van der Waals surface area contributed by atoms with Crippen LogP contribution in [0, 0.1) is 13.8 Å². The van der Waals surface area contributed by atoms with Crippen molar-refractivity contribution in [3.63, 3.8) is 0 Å². The average molecular weight is 229 g/mol. The molecule has 0 saturated carbocycles. The number of hydrogen-bond donors (Lipinski definition) is 0. The normalized spacial score (nSPS) is 10.5. The number of rotatable bonds is 2. The summed E-state index contributed by atoms with van der Waals surface area (Å²) in [6.45, 7) is 6.02. The quantitative estimate of drug-likeness (QED) is 0.743. The molecule has 0 aliphatic rings. The minimum Gasteiger partial charge on any atom is -0.462 e. The van der Waals surface area contributed by atoms with E-state index in [0.717, 1.165) is 16.5 Å². The first-order chi connectivity index (χ1) is 8.13. The SMILES string of the molecule is CCOC(=O)c1cc2cccc(C)c2nc1C. The maximum Gasteiger partial charge on any atom is 0.339 e. The lowest BCUT2D eigenvalue weighted by molar-refractivity contribution is 0.0525. The summed E-state index contributed by atoms with van der Waals surface area (Å²) in [4.78, 5) is 16.2. The number of aryl methyl sites for hydroxylation is 2. The molecule has 88 valence electrons. The first-order valence-electron chi connectivity index (χ1n) is 5.67. The highest BCUT2D eigenvalue weighted by atomic mass is 16.5. The maximum absolute atomic E-state index is 11.7. The van der Waals surface area contributed by atoms with Crippen LogP contribution in [-0.4, -0.2) is 17.6 Å². The molecule has 1 aromatic heterocycles. The van der Waals surface area contributed by atoms with Crippen LogP contribution >= 0.6 is 0 Å². The zero-order valence-electron chi connectivity index (χ0n) is 10.3. The van der Waals surface area contributed by atoms with E-state index in [0.29, 0.717) is 17.9 Å². The van der Waals surface area contributed by atoms with Crippen LogP contribution in [0.3, 0.4) is 0 Å². The van der Waals surface area contributed by atoms with Crippen molar-refractivity contribution in [3.05, 3.63) is 41.1 Å². The van der Waals surface area contributed by atoms with Crippen molar-refractivity contribution in [3.8, 4) is 0 Å². The monoisotopic (exact) mass is 229 g/mol. The molecule has 0 unspecified atom stereocenters. The molecule has 17 heavy (non-hydrogen) atoms. The number of aromatic nitrogens is 1. The fourth-order valence-electron chi connectivity index (χ4n) is 1.85. The molecule has 0 aliphatic heterocycles. The van der Waals surface area contributed by atoms with E-state index in [2.05, 4.69) is 4.98 Å². The third-order valence-corrected chi connectivity index (χ3v) is 2.73. The second-order valence-corrected chi connectivity index (χ2v) is 3.99.